The second kappa shape index (κ2) is 7.55. The molecule has 0 aliphatic carbocycles. The molecular weight excluding hydrogens is 450 g/mol. The summed E-state index contributed by atoms with van der Waals surface area (Å²) in [4.78, 5) is 7.46. The molecule has 0 spiro atoms. The van der Waals surface area contributed by atoms with Crippen LogP contribution in [0.2, 0.25) is 0 Å². The predicted molar refractivity (Wildman–Crippen MR) is 155 cm³/mol. The SMILES string of the molecule is CN1c2c(-c3cc4ccccc4c4ccccc34)cccc2-n2c(-c3ccccc3)nc3cccc1c32. The number of hydrogen-bond acceptors (Lipinski definition) is 2. The van der Waals surface area contributed by atoms with Crippen molar-refractivity contribution in [2.45, 2.75) is 0 Å². The van der Waals surface area contributed by atoms with Crippen molar-refractivity contribution in [1.82, 2.24) is 9.55 Å². The van der Waals surface area contributed by atoms with E-state index in [0.717, 1.165) is 33.8 Å². The average molecular weight is 474 g/mol. The standard InChI is InChI=1S/C34H23N3/c1-36-30-19-10-18-29-33(30)37(34(35-29)22-11-3-2-4-12-22)31-20-9-17-27(32(31)36)28-21-23-13-5-6-14-24(23)25-15-7-8-16-26(25)28/h2-21H,1H3. The Morgan fingerprint density at radius 3 is 2.14 bits per heavy atom. The number of fused-ring (bicyclic) bond motifs is 5. The van der Waals surface area contributed by atoms with Crippen molar-refractivity contribution in [3.8, 4) is 28.2 Å². The maximum atomic E-state index is 5.12. The molecule has 1 aliphatic heterocycles. The highest BCUT2D eigenvalue weighted by molar-refractivity contribution is 6.15. The number of aromatic nitrogens is 2. The number of imidazole rings is 1. The number of benzene rings is 6. The molecule has 7 aromatic rings. The zero-order chi connectivity index (χ0) is 24.5. The van der Waals surface area contributed by atoms with Gasteiger partial charge in [-0.1, -0.05) is 97.1 Å². The van der Waals surface area contributed by atoms with Gasteiger partial charge >= 0.3 is 0 Å². The number of anilines is 2. The summed E-state index contributed by atoms with van der Waals surface area (Å²) in [5.74, 6) is 0.970. The molecule has 0 bridgehead atoms. The van der Waals surface area contributed by atoms with Crippen LogP contribution < -0.4 is 4.90 Å². The lowest BCUT2D eigenvalue weighted by Crippen LogP contribution is -2.19. The van der Waals surface area contributed by atoms with Crippen molar-refractivity contribution in [3.63, 3.8) is 0 Å². The summed E-state index contributed by atoms with van der Waals surface area (Å²) in [5.41, 5.74) is 9.24. The maximum absolute atomic E-state index is 5.12. The van der Waals surface area contributed by atoms with Gasteiger partial charge in [0.05, 0.1) is 28.1 Å². The van der Waals surface area contributed by atoms with Crippen molar-refractivity contribution in [3.05, 3.63) is 121 Å². The van der Waals surface area contributed by atoms with Crippen LogP contribution in [0.1, 0.15) is 0 Å². The Morgan fingerprint density at radius 1 is 0.568 bits per heavy atom. The van der Waals surface area contributed by atoms with Gasteiger partial charge in [-0.05, 0) is 51.4 Å². The molecule has 0 atom stereocenters. The van der Waals surface area contributed by atoms with Gasteiger partial charge in [-0.3, -0.25) is 4.57 Å². The van der Waals surface area contributed by atoms with Crippen molar-refractivity contribution >= 4 is 44.0 Å². The van der Waals surface area contributed by atoms with E-state index < -0.39 is 0 Å². The zero-order valence-corrected chi connectivity index (χ0v) is 20.4. The first kappa shape index (κ1) is 20.3. The van der Waals surface area contributed by atoms with Crippen LogP contribution in [0.5, 0.6) is 0 Å². The third-order valence-electron chi connectivity index (χ3n) is 7.70. The molecule has 0 N–H and O–H groups in total. The molecule has 174 valence electrons. The highest BCUT2D eigenvalue weighted by Gasteiger charge is 2.29. The molecule has 0 fully saturated rings. The van der Waals surface area contributed by atoms with Gasteiger partial charge < -0.3 is 4.90 Å². The fourth-order valence-electron chi connectivity index (χ4n) is 6.07. The average Bonchev–Trinajstić information content (AvgIpc) is 3.36. The van der Waals surface area contributed by atoms with E-state index in [1.807, 2.05) is 0 Å². The Kier molecular flexibility index (Phi) is 4.15. The van der Waals surface area contributed by atoms with E-state index in [1.165, 1.54) is 38.4 Å². The Hall–Kier alpha value is -4.89. The van der Waals surface area contributed by atoms with Gasteiger partial charge in [0, 0.05) is 18.2 Å². The molecule has 0 unspecified atom stereocenters. The normalized spacial score (nSPS) is 12.4. The molecule has 0 saturated heterocycles. The first-order valence-electron chi connectivity index (χ1n) is 12.6. The number of hydrogen-bond donors (Lipinski definition) is 0. The third-order valence-corrected chi connectivity index (χ3v) is 7.70. The van der Waals surface area contributed by atoms with Gasteiger partial charge in [0.25, 0.3) is 0 Å². The molecule has 0 amide bonds. The highest BCUT2D eigenvalue weighted by atomic mass is 15.2. The Balaban J connectivity index is 1.49. The fraction of sp³-hybridized carbons (Fsp3) is 0.0294. The minimum absolute atomic E-state index is 0.970. The number of nitrogens with zero attached hydrogens (tertiary/aromatic N) is 3. The predicted octanol–water partition coefficient (Wildman–Crippen LogP) is 8.75. The lowest BCUT2D eigenvalue weighted by atomic mass is 9.91. The summed E-state index contributed by atoms with van der Waals surface area (Å²) >= 11 is 0. The Morgan fingerprint density at radius 2 is 1.27 bits per heavy atom. The first-order valence-corrected chi connectivity index (χ1v) is 12.6. The van der Waals surface area contributed by atoms with Crippen LogP contribution >= 0.6 is 0 Å². The topological polar surface area (TPSA) is 21.1 Å². The van der Waals surface area contributed by atoms with E-state index in [1.54, 1.807) is 0 Å². The van der Waals surface area contributed by atoms with Crippen molar-refractivity contribution < 1.29 is 0 Å². The molecule has 37 heavy (non-hydrogen) atoms. The van der Waals surface area contributed by atoms with Crippen molar-refractivity contribution in [2.75, 3.05) is 11.9 Å². The molecule has 0 saturated carbocycles. The Bertz CT molecular complexity index is 2000. The number of para-hydroxylation sites is 2. The van der Waals surface area contributed by atoms with E-state index in [9.17, 15) is 0 Å². The van der Waals surface area contributed by atoms with Crippen LogP contribution in [0.3, 0.4) is 0 Å². The van der Waals surface area contributed by atoms with Crippen LogP contribution in [0.25, 0.3) is 60.8 Å². The maximum Gasteiger partial charge on any atom is 0.145 e. The van der Waals surface area contributed by atoms with Gasteiger partial charge in [-0.15, -0.1) is 0 Å². The van der Waals surface area contributed by atoms with Gasteiger partial charge in [0.15, 0.2) is 0 Å². The summed E-state index contributed by atoms with van der Waals surface area (Å²) in [6.45, 7) is 0. The molecule has 1 aromatic heterocycles. The quantitative estimate of drug-likeness (QED) is 0.234. The van der Waals surface area contributed by atoms with E-state index in [-0.39, 0.29) is 0 Å². The minimum atomic E-state index is 0.970. The van der Waals surface area contributed by atoms with E-state index >= 15 is 0 Å². The minimum Gasteiger partial charge on any atom is -0.341 e. The van der Waals surface area contributed by atoms with Gasteiger partial charge in [0.2, 0.25) is 0 Å². The zero-order valence-electron chi connectivity index (χ0n) is 20.4. The largest absolute Gasteiger partial charge is 0.341 e. The fourth-order valence-corrected chi connectivity index (χ4v) is 6.07. The Labute approximate surface area is 214 Å². The van der Waals surface area contributed by atoms with Crippen molar-refractivity contribution in [1.29, 1.82) is 0 Å². The van der Waals surface area contributed by atoms with Crippen LogP contribution in [-0.4, -0.2) is 16.6 Å². The van der Waals surface area contributed by atoms with Crippen molar-refractivity contribution in [2.24, 2.45) is 0 Å². The number of rotatable bonds is 2. The monoisotopic (exact) mass is 473 g/mol. The second-order valence-electron chi connectivity index (χ2n) is 9.70. The first-order chi connectivity index (χ1) is 18.3. The molecule has 1 aliphatic rings. The van der Waals surface area contributed by atoms with Crippen LogP contribution in [0.4, 0.5) is 11.4 Å². The summed E-state index contributed by atoms with van der Waals surface area (Å²) in [7, 11) is 2.18. The third kappa shape index (κ3) is 2.80. The lowest BCUT2D eigenvalue weighted by molar-refractivity contribution is 1.05. The molecule has 6 aromatic carbocycles. The van der Waals surface area contributed by atoms with Gasteiger partial charge in [-0.2, -0.15) is 0 Å². The second-order valence-corrected chi connectivity index (χ2v) is 9.70. The molecule has 8 rings (SSSR count). The molecule has 0 radical (unpaired) electrons. The summed E-state index contributed by atoms with van der Waals surface area (Å²) < 4.78 is 2.35. The van der Waals surface area contributed by atoms with Crippen LogP contribution in [-0.2, 0) is 0 Å². The smallest absolute Gasteiger partial charge is 0.145 e. The summed E-state index contributed by atoms with van der Waals surface area (Å²) in [5, 5.41) is 5.08. The van der Waals surface area contributed by atoms with E-state index in [4.69, 9.17) is 4.98 Å². The van der Waals surface area contributed by atoms with Crippen LogP contribution in [0, 0.1) is 0 Å². The molecule has 3 nitrogen and oxygen atoms in total. The van der Waals surface area contributed by atoms with Crippen LogP contribution in [0.15, 0.2) is 121 Å². The van der Waals surface area contributed by atoms with E-state index in [2.05, 4.69) is 138 Å². The molecule has 3 heteroatoms. The van der Waals surface area contributed by atoms with Gasteiger partial charge in [0.1, 0.15) is 5.82 Å². The molecular formula is C34H23N3. The molecule has 2 heterocycles. The van der Waals surface area contributed by atoms with Gasteiger partial charge in [-0.25, -0.2) is 4.98 Å². The summed E-state index contributed by atoms with van der Waals surface area (Å²) in [6, 6.07) is 43.4. The van der Waals surface area contributed by atoms with E-state index in [0.29, 0.717) is 0 Å². The summed E-state index contributed by atoms with van der Waals surface area (Å²) in [6.07, 6.45) is 0. The lowest BCUT2D eigenvalue weighted by Gasteiger charge is -2.32. The highest BCUT2D eigenvalue weighted by Crippen LogP contribution is 2.49.